The molecule has 17 heavy (non-hydrogen) atoms. The molecule has 0 radical (unpaired) electrons. The molecule has 2 N–H and O–H groups in total. The van der Waals surface area contributed by atoms with Gasteiger partial charge >= 0.3 is 0 Å². The number of hydrogen-bond donors (Lipinski definition) is 1. The average Bonchev–Trinajstić information content (AvgIpc) is 2.98. The van der Waals surface area contributed by atoms with Gasteiger partial charge in [0.15, 0.2) is 11.5 Å². The van der Waals surface area contributed by atoms with Crippen LogP contribution in [0.3, 0.4) is 0 Å². The Labute approximate surface area is 98.7 Å². The van der Waals surface area contributed by atoms with Crippen LogP contribution >= 0.6 is 0 Å². The number of nitrogens with two attached hydrogens (primary N) is 1. The third-order valence-corrected chi connectivity index (χ3v) is 3.16. The summed E-state index contributed by atoms with van der Waals surface area (Å²) in [5.41, 5.74) is 7.23. The quantitative estimate of drug-likeness (QED) is 0.848. The lowest BCUT2D eigenvalue weighted by atomic mass is 10.0. The molecule has 0 amide bonds. The van der Waals surface area contributed by atoms with Gasteiger partial charge < -0.3 is 10.3 Å². The third-order valence-electron chi connectivity index (χ3n) is 3.16. The second kappa shape index (κ2) is 3.69. The van der Waals surface area contributed by atoms with Crippen LogP contribution in [0.5, 0.6) is 0 Å². The topological polar surface area (TPSA) is 69.6 Å². The molecule has 1 aliphatic carbocycles. The maximum absolute atomic E-state index is 5.77. The van der Waals surface area contributed by atoms with Gasteiger partial charge in [-0.15, -0.1) is 0 Å². The van der Waals surface area contributed by atoms with Gasteiger partial charge in [0.1, 0.15) is 11.8 Å². The molecular weight excluding hydrogens is 214 g/mol. The molecule has 0 saturated heterocycles. The van der Waals surface area contributed by atoms with E-state index in [1.807, 2.05) is 4.57 Å². The molecule has 0 spiro atoms. The number of hydrogen-bond acceptors (Lipinski definition) is 4. The van der Waals surface area contributed by atoms with Crippen LogP contribution < -0.4 is 5.73 Å². The van der Waals surface area contributed by atoms with Crippen molar-refractivity contribution >= 4 is 17.0 Å². The predicted octanol–water partition coefficient (Wildman–Crippen LogP) is 1.71. The van der Waals surface area contributed by atoms with E-state index in [2.05, 4.69) is 46.2 Å². The first kappa shape index (κ1) is 10.0. The number of nitrogens with zero attached hydrogens (tertiary/aromatic N) is 4. The number of rotatable bonds is 2. The van der Waals surface area contributed by atoms with Crippen LogP contribution in [0.2, 0.25) is 0 Å². The molecule has 2 aromatic rings. The number of aromatic nitrogens is 4. The van der Waals surface area contributed by atoms with Crippen LogP contribution in [-0.4, -0.2) is 19.5 Å². The fourth-order valence-electron chi connectivity index (χ4n) is 2.12. The van der Waals surface area contributed by atoms with Crippen molar-refractivity contribution in [3.8, 4) is 0 Å². The van der Waals surface area contributed by atoms with E-state index in [0.717, 1.165) is 5.65 Å². The van der Waals surface area contributed by atoms with Gasteiger partial charge in [-0.05, 0) is 6.92 Å². The van der Waals surface area contributed by atoms with E-state index < -0.39 is 0 Å². The second-order valence-electron chi connectivity index (χ2n) is 4.17. The first-order chi connectivity index (χ1) is 8.27. The molecule has 86 valence electrons. The monoisotopic (exact) mass is 227 g/mol. The molecule has 1 aliphatic rings. The van der Waals surface area contributed by atoms with E-state index in [1.165, 1.54) is 6.33 Å². The van der Waals surface area contributed by atoms with Gasteiger partial charge in [0, 0.05) is 12.0 Å². The highest BCUT2D eigenvalue weighted by molar-refractivity contribution is 5.81. The maximum Gasteiger partial charge on any atom is 0.165 e. The molecule has 0 aromatic carbocycles. The Morgan fingerprint density at radius 1 is 1.24 bits per heavy atom. The van der Waals surface area contributed by atoms with Crippen molar-refractivity contribution < 1.29 is 0 Å². The molecule has 1 unspecified atom stereocenters. The van der Waals surface area contributed by atoms with Crippen molar-refractivity contribution in [3.05, 3.63) is 37.0 Å². The fraction of sp³-hybridized carbons (Fsp3) is 0.250. The summed E-state index contributed by atoms with van der Waals surface area (Å²) in [5, 5.41) is 0. The summed E-state index contributed by atoms with van der Waals surface area (Å²) in [4.78, 5) is 12.5. The minimum Gasteiger partial charge on any atom is -0.382 e. The summed E-state index contributed by atoms with van der Waals surface area (Å²) in [6.07, 6.45) is 11.7. The number of imidazole rings is 1. The van der Waals surface area contributed by atoms with Crippen molar-refractivity contribution in [1.82, 2.24) is 19.5 Å². The number of fused-ring (bicyclic) bond motifs is 1. The zero-order valence-corrected chi connectivity index (χ0v) is 9.49. The molecule has 0 aliphatic heterocycles. The van der Waals surface area contributed by atoms with Crippen LogP contribution in [0.25, 0.3) is 11.2 Å². The lowest BCUT2D eigenvalue weighted by Crippen LogP contribution is -2.12. The molecule has 0 saturated carbocycles. The normalized spacial score (nSPS) is 17.0. The number of nitrogen functional groups attached to an aromatic ring is 1. The van der Waals surface area contributed by atoms with Crippen LogP contribution in [-0.2, 0) is 0 Å². The molecule has 2 heterocycles. The highest BCUT2D eigenvalue weighted by Crippen LogP contribution is 2.27. The van der Waals surface area contributed by atoms with Gasteiger partial charge in [0.05, 0.1) is 6.33 Å². The fourth-order valence-corrected chi connectivity index (χ4v) is 2.12. The van der Waals surface area contributed by atoms with E-state index in [1.54, 1.807) is 6.33 Å². The Bertz CT molecular complexity index is 598. The summed E-state index contributed by atoms with van der Waals surface area (Å²) < 4.78 is 2.04. The molecule has 5 nitrogen and oxygen atoms in total. The van der Waals surface area contributed by atoms with Crippen LogP contribution in [0.15, 0.2) is 37.0 Å². The molecule has 3 rings (SSSR count). The van der Waals surface area contributed by atoms with Gasteiger partial charge in [0.25, 0.3) is 0 Å². The van der Waals surface area contributed by atoms with Crippen molar-refractivity contribution in [2.75, 3.05) is 5.73 Å². The van der Waals surface area contributed by atoms with Gasteiger partial charge in [-0.2, -0.15) is 0 Å². The van der Waals surface area contributed by atoms with Gasteiger partial charge in [-0.25, -0.2) is 15.0 Å². The summed E-state index contributed by atoms with van der Waals surface area (Å²) in [5.74, 6) is 0.807. The molecule has 0 fully saturated rings. The van der Waals surface area contributed by atoms with E-state index in [-0.39, 0.29) is 6.04 Å². The van der Waals surface area contributed by atoms with Gasteiger partial charge in [-0.1, -0.05) is 24.3 Å². The molecule has 0 bridgehead atoms. The molecular formula is C12H13N5. The van der Waals surface area contributed by atoms with Crippen LogP contribution in [0.1, 0.15) is 13.0 Å². The van der Waals surface area contributed by atoms with Crippen molar-refractivity contribution in [1.29, 1.82) is 0 Å². The largest absolute Gasteiger partial charge is 0.382 e. The first-order valence-electron chi connectivity index (χ1n) is 5.55. The third kappa shape index (κ3) is 1.51. The number of allylic oxidation sites excluding steroid dienone is 4. The minimum absolute atomic E-state index is 0.268. The standard InChI is InChI=1S/C12H13N5/c1-8(9-4-2-3-5-9)17-7-16-10-11(13)14-6-15-12(10)17/h2-9H,1H3,(H2,13,14,15). The maximum atomic E-state index is 5.77. The van der Waals surface area contributed by atoms with Crippen molar-refractivity contribution in [2.24, 2.45) is 5.92 Å². The molecule has 1 atom stereocenters. The average molecular weight is 227 g/mol. The van der Waals surface area contributed by atoms with Crippen LogP contribution in [0, 0.1) is 5.92 Å². The molecule has 5 heteroatoms. The lowest BCUT2D eigenvalue weighted by Gasteiger charge is -2.17. The Morgan fingerprint density at radius 2 is 2.00 bits per heavy atom. The first-order valence-corrected chi connectivity index (χ1v) is 5.55. The highest BCUT2D eigenvalue weighted by atomic mass is 15.1. The minimum atomic E-state index is 0.268. The van der Waals surface area contributed by atoms with E-state index in [4.69, 9.17) is 5.73 Å². The Hall–Kier alpha value is -2.17. The van der Waals surface area contributed by atoms with Crippen molar-refractivity contribution in [2.45, 2.75) is 13.0 Å². The summed E-state index contributed by atoms with van der Waals surface area (Å²) in [6, 6.07) is 0.268. The lowest BCUT2D eigenvalue weighted by molar-refractivity contribution is 0.489. The Balaban J connectivity index is 2.08. The zero-order valence-electron chi connectivity index (χ0n) is 9.49. The summed E-state index contributed by atoms with van der Waals surface area (Å²) in [7, 11) is 0. The second-order valence-corrected chi connectivity index (χ2v) is 4.17. The van der Waals surface area contributed by atoms with E-state index >= 15 is 0 Å². The smallest absolute Gasteiger partial charge is 0.165 e. The van der Waals surface area contributed by atoms with E-state index in [0.29, 0.717) is 17.3 Å². The van der Waals surface area contributed by atoms with Crippen LogP contribution in [0.4, 0.5) is 5.82 Å². The SMILES string of the molecule is CC(C1C=CC=C1)n1cnc2c(N)ncnc21. The zero-order chi connectivity index (χ0) is 11.8. The molecule has 2 aromatic heterocycles. The Morgan fingerprint density at radius 3 is 2.76 bits per heavy atom. The van der Waals surface area contributed by atoms with E-state index in [9.17, 15) is 0 Å². The summed E-state index contributed by atoms with van der Waals surface area (Å²) >= 11 is 0. The Kier molecular flexibility index (Phi) is 2.18. The van der Waals surface area contributed by atoms with Gasteiger partial charge in [0.2, 0.25) is 0 Å². The summed E-state index contributed by atoms with van der Waals surface area (Å²) in [6.45, 7) is 2.14. The van der Waals surface area contributed by atoms with Crippen molar-refractivity contribution in [3.63, 3.8) is 0 Å². The highest BCUT2D eigenvalue weighted by Gasteiger charge is 2.18. The van der Waals surface area contributed by atoms with Gasteiger partial charge in [-0.3, -0.25) is 0 Å². The predicted molar refractivity (Wildman–Crippen MR) is 66.2 cm³/mol. The number of anilines is 1.